The summed E-state index contributed by atoms with van der Waals surface area (Å²) in [4.78, 5) is 0. The molecule has 0 radical (unpaired) electrons. The molecule has 0 aliphatic carbocycles. The van der Waals surface area contributed by atoms with E-state index in [0.29, 0.717) is 0 Å². The van der Waals surface area contributed by atoms with Crippen molar-refractivity contribution in [2.45, 2.75) is 6.04 Å². The van der Waals surface area contributed by atoms with E-state index in [1.807, 2.05) is 0 Å². The zero-order valence-electron chi connectivity index (χ0n) is 6.30. The fourth-order valence-electron chi connectivity index (χ4n) is 0.900. The first-order chi connectivity index (χ1) is 5.65. The number of rotatable bonds is 2. The van der Waals surface area contributed by atoms with Crippen LogP contribution in [0.25, 0.3) is 0 Å². The summed E-state index contributed by atoms with van der Waals surface area (Å²) in [7, 11) is 0. The highest BCUT2D eigenvalue weighted by Gasteiger charge is 2.10. The molecule has 0 aromatic heterocycles. The molecule has 0 heterocycles. The van der Waals surface area contributed by atoms with Crippen LogP contribution in [0.15, 0.2) is 18.2 Å². The number of alkyl halides is 1. The van der Waals surface area contributed by atoms with Crippen molar-refractivity contribution >= 4 is 0 Å². The summed E-state index contributed by atoms with van der Waals surface area (Å²) >= 11 is 0. The van der Waals surface area contributed by atoms with Gasteiger partial charge in [-0.15, -0.1) is 0 Å². The van der Waals surface area contributed by atoms with Gasteiger partial charge in [0, 0.05) is 11.6 Å². The molecule has 66 valence electrons. The second-order valence-corrected chi connectivity index (χ2v) is 2.47. The Hall–Kier alpha value is -1.16. The zero-order valence-corrected chi connectivity index (χ0v) is 6.30. The predicted octanol–water partition coefficient (Wildman–Crippen LogP) is 1.50. The Morgan fingerprint density at radius 2 is 2.17 bits per heavy atom. The minimum Gasteiger partial charge on any atom is -0.508 e. The highest BCUT2D eigenvalue weighted by molar-refractivity contribution is 5.29. The maximum atomic E-state index is 12.9. The molecule has 1 aromatic carbocycles. The van der Waals surface area contributed by atoms with Crippen LogP contribution >= 0.6 is 0 Å². The van der Waals surface area contributed by atoms with Gasteiger partial charge >= 0.3 is 0 Å². The second kappa shape index (κ2) is 3.49. The average Bonchev–Trinajstić information content (AvgIpc) is 2.03. The first kappa shape index (κ1) is 8.93. The molecule has 0 bridgehead atoms. The van der Waals surface area contributed by atoms with E-state index in [1.54, 1.807) is 0 Å². The highest BCUT2D eigenvalue weighted by Crippen LogP contribution is 2.19. The molecule has 1 aromatic rings. The smallest absolute Gasteiger partial charge is 0.131 e. The van der Waals surface area contributed by atoms with E-state index in [-0.39, 0.29) is 11.3 Å². The third-order valence-corrected chi connectivity index (χ3v) is 1.55. The van der Waals surface area contributed by atoms with Gasteiger partial charge in [0.25, 0.3) is 0 Å². The van der Waals surface area contributed by atoms with Gasteiger partial charge in [-0.1, -0.05) is 6.07 Å². The van der Waals surface area contributed by atoms with Gasteiger partial charge < -0.3 is 10.8 Å². The fraction of sp³-hybridized carbons (Fsp3) is 0.250. The standard InChI is InChI=1S/C8H9F2NO/c9-4-8(11)6-2-1-5(12)3-7(6)10/h1-3,8,12H,4,11H2. The summed E-state index contributed by atoms with van der Waals surface area (Å²) in [6.45, 7) is -0.818. The van der Waals surface area contributed by atoms with Crippen LogP contribution in [0.5, 0.6) is 5.75 Å². The minimum atomic E-state index is -0.953. The Balaban J connectivity index is 3.01. The van der Waals surface area contributed by atoms with Crippen molar-refractivity contribution in [3.8, 4) is 5.75 Å². The lowest BCUT2D eigenvalue weighted by molar-refractivity contribution is 0.423. The van der Waals surface area contributed by atoms with Gasteiger partial charge in [-0.25, -0.2) is 8.78 Å². The molecule has 1 rings (SSSR count). The molecule has 12 heavy (non-hydrogen) atoms. The van der Waals surface area contributed by atoms with Crippen LogP contribution in [0.1, 0.15) is 11.6 Å². The molecule has 0 saturated heterocycles. The first-order valence-corrected chi connectivity index (χ1v) is 3.45. The summed E-state index contributed by atoms with van der Waals surface area (Å²) in [5.74, 6) is -0.873. The van der Waals surface area contributed by atoms with Gasteiger partial charge in [-0.05, 0) is 6.07 Å². The maximum absolute atomic E-state index is 12.9. The zero-order chi connectivity index (χ0) is 9.14. The summed E-state index contributed by atoms with van der Waals surface area (Å²) < 4.78 is 24.9. The number of phenolic OH excluding ortho intramolecular Hbond substituents is 1. The van der Waals surface area contributed by atoms with Gasteiger partial charge in [0.05, 0.1) is 6.04 Å². The third kappa shape index (κ3) is 1.71. The Labute approximate surface area is 68.6 Å². The van der Waals surface area contributed by atoms with Crippen LogP contribution in [-0.2, 0) is 0 Å². The number of hydrogen-bond donors (Lipinski definition) is 2. The molecule has 0 spiro atoms. The maximum Gasteiger partial charge on any atom is 0.131 e. The Morgan fingerprint density at radius 3 is 2.67 bits per heavy atom. The number of benzene rings is 1. The SMILES string of the molecule is NC(CF)c1ccc(O)cc1F. The summed E-state index contributed by atoms with van der Waals surface area (Å²) in [6, 6.07) is 2.50. The summed E-state index contributed by atoms with van der Waals surface area (Å²) in [6.07, 6.45) is 0. The van der Waals surface area contributed by atoms with Crippen molar-refractivity contribution in [3.63, 3.8) is 0 Å². The van der Waals surface area contributed by atoms with Crippen molar-refractivity contribution in [2.75, 3.05) is 6.67 Å². The molecule has 4 heteroatoms. The first-order valence-electron chi connectivity index (χ1n) is 3.45. The molecule has 1 unspecified atom stereocenters. The number of aromatic hydroxyl groups is 1. The third-order valence-electron chi connectivity index (χ3n) is 1.55. The molecule has 3 N–H and O–H groups in total. The normalized spacial score (nSPS) is 12.9. The number of hydrogen-bond acceptors (Lipinski definition) is 2. The monoisotopic (exact) mass is 173 g/mol. The molecular weight excluding hydrogens is 164 g/mol. The van der Waals surface area contributed by atoms with Crippen LogP contribution in [0.2, 0.25) is 0 Å². The van der Waals surface area contributed by atoms with Gasteiger partial charge in [0.15, 0.2) is 0 Å². The Morgan fingerprint density at radius 1 is 1.50 bits per heavy atom. The van der Waals surface area contributed by atoms with Gasteiger partial charge in [0.1, 0.15) is 18.2 Å². The van der Waals surface area contributed by atoms with Gasteiger partial charge in [0.2, 0.25) is 0 Å². The van der Waals surface area contributed by atoms with Gasteiger partial charge in [-0.3, -0.25) is 0 Å². The van der Waals surface area contributed by atoms with Crippen LogP contribution in [0, 0.1) is 5.82 Å². The quantitative estimate of drug-likeness (QED) is 0.711. The molecule has 0 aliphatic heterocycles. The minimum absolute atomic E-state index is 0.0790. The lowest BCUT2D eigenvalue weighted by Crippen LogP contribution is -2.13. The molecule has 0 aliphatic rings. The van der Waals surface area contributed by atoms with E-state index in [1.165, 1.54) is 12.1 Å². The summed E-state index contributed by atoms with van der Waals surface area (Å²) in [5, 5.41) is 8.82. The Kier molecular flexibility index (Phi) is 2.60. The van der Waals surface area contributed by atoms with E-state index in [0.717, 1.165) is 6.07 Å². The Bertz CT molecular complexity index is 278. The molecule has 2 nitrogen and oxygen atoms in total. The average molecular weight is 173 g/mol. The lowest BCUT2D eigenvalue weighted by Gasteiger charge is -2.08. The van der Waals surface area contributed by atoms with Crippen molar-refractivity contribution < 1.29 is 13.9 Å². The second-order valence-electron chi connectivity index (χ2n) is 2.47. The number of halogens is 2. The predicted molar refractivity (Wildman–Crippen MR) is 41.0 cm³/mol. The molecule has 1 atom stereocenters. The van der Waals surface area contributed by atoms with Crippen molar-refractivity contribution in [2.24, 2.45) is 5.73 Å². The van der Waals surface area contributed by atoms with Crippen molar-refractivity contribution in [3.05, 3.63) is 29.6 Å². The largest absolute Gasteiger partial charge is 0.508 e. The van der Waals surface area contributed by atoms with Crippen molar-refractivity contribution in [1.29, 1.82) is 0 Å². The number of phenols is 1. The lowest BCUT2D eigenvalue weighted by atomic mass is 10.1. The molecule has 0 amide bonds. The van der Waals surface area contributed by atoms with Crippen LogP contribution < -0.4 is 5.73 Å². The molecular formula is C8H9F2NO. The van der Waals surface area contributed by atoms with Crippen LogP contribution in [-0.4, -0.2) is 11.8 Å². The van der Waals surface area contributed by atoms with Crippen molar-refractivity contribution in [1.82, 2.24) is 0 Å². The highest BCUT2D eigenvalue weighted by atomic mass is 19.1. The topological polar surface area (TPSA) is 46.2 Å². The van der Waals surface area contributed by atoms with Crippen LogP contribution in [0.4, 0.5) is 8.78 Å². The van der Waals surface area contributed by atoms with E-state index >= 15 is 0 Å². The fourth-order valence-corrected chi connectivity index (χ4v) is 0.900. The van der Waals surface area contributed by atoms with E-state index in [9.17, 15) is 8.78 Å². The van der Waals surface area contributed by atoms with Crippen LogP contribution in [0.3, 0.4) is 0 Å². The van der Waals surface area contributed by atoms with E-state index in [4.69, 9.17) is 10.8 Å². The molecule has 0 fully saturated rings. The van der Waals surface area contributed by atoms with Gasteiger partial charge in [-0.2, -0.15) is 0 Å². The van der Waals surface area contributed by atoms with E-state index < -0.39 is 18.5 Å². The number of nitrogens with two attached hydrogens (primary N) is 1. The van der Waals surface area contributed by atoms with E-state index in [2.05, 4.69) is 0 Å². The molecule has 0 saturated carbocycles. The summed E-state index contributed by atoms with van der Waals surface area (Å²) in [5.41, 5.74) is 5.33.